The fraction of sp³-hybridized carbons (Fsp3) is 1.00. The molecule has 2 atom stereocenters. The smallest absolute Gasteiger partial charge is 0.00933 e. The molecule has 1 N–H and O–H groups in total. The van der Waals surface area contributed by atoms with Crippen molar-refractivity contribution < 1.29 is 0 Å². The van der Waals surface area contributed by atoms with Gasteiger partial charge < -0.3 is 10.2 Å². The summed E-state index contributed by atoms with van der Waals surface area (Å²) in [5, 5.41) is 3.46. The van der Waals surface area contributed by atoms with Gasteiger partial charge >= 0.3 is 0 Å². The SMILES string of the molecule is CNC1CCCC1CCN(C)C1CC1. The maximum atomic E-state index is 3.46. The maximum Gasteiger partial charge on any atom is 0.00933 e. The van der Waals surface area contributed by atoms with E-state index in [0.717, 1.165) is 18.0 Å². The lowest BCUT2D eigenvalue weighted by atomic mass is 9.99. The van der Waals surface area contributed by atoms with Crippen LogP contribution < -0.4 is 5.32 Å². The van der Waals surface area contributed by atoms with Crippen LogP contribution in [0, 0.1) is 5.92 Å². The molecule has 0 bridgehead atoms. The molecule has 0 aliphatic heterocycles. The summed E-state index contributed by atoms with van der Waals surface area (Å²) in [4.78, 5) is 2.56. The zero-order chi connectivity index (χ0) is 9.97. The molecule has 0 aromatic rings. The van der Waals surface area contributed by atoms with Gasteiger partial charge in [0.05, 0.1) is 0 Å². The number of nitrogens with zero attached hydrogens (tertiary/aromatic N) is 1. The average Bonchev–Trinajstić information content (AvgIpc) is 2.94. The van der Waals surface area contributed by atoms with Gasteiger partial charge in [-0.1, -0.05) is 6.42 Å². The lowest BCUT2D eigenvalue weighted by Gasteiger charge is -2.22. The van der Waals surface area contributed by atoms with Gasteiger partial charge in [0, 0.05) is 12.1 Å². The molecule has 2 rings (SSSR count). The van der Waals surface area contributed by atoms with Crippen molar-refractivity contribution in [2.24, 2.45) is 5.92 Å². The van der Waals surface area contributed by atoms with Gasteiger partial charge in [-0.25, -0.2) is 0 Å². The first-order valence-electron chi connectivity index (χ1n) is 6.18. The second-order valence-corrected chi connectivity index (χ2v) is 5.09. The van der Waals surface area contributed by atoms with Crippen molar-refractivity contribution in [2.75, 3.05) is 20.6 Å². The minimum absolute atomic E-state index is 0.808. The van der Waals surface area contributed by atoms with E-state index in [4.69, 9.17) is 0 Å². The normalized spacial score (nSPS) is 32.8. The quantitative estimate of drug-likeness (QED) is 0.722. The van der Waals surface area contributed by atoms with Crippen LogP contribution in [-0.4, -0.2) is 37.6 Å². The van der Waals surface area contributed by atoms with E-state index >= 15 is 0 Å². The standard InChI is InChI=1S/C12H24N2/c1-13-12-5-3-4-10(12)8-9-14(2)11-6-7-11/h10-13H,3-9H2,1-2H3. The summed E-state index contributed by atoms with van der Waals surface area (Å²) in [5.41, 5.74) is 0. The Morgan fingerprint density at radius 2 is 2.00 bits per heavy atom. The number of hydrogen-bond donors (Lipinski definition) is 1. The highest BCUT2D eigenvalue weighted by Crippen LogP contribution is 2.30. The van der Waals surface area contributed by atoms with Gasteiger partial charge in [-0.15, -0.1) is 0 Å². The molecule has 0 saturated heterocycles. The lowest BCUT2D eigenvalue weighted by molar-refractivity contribution is 0.277. The van der Waals surface area contributed by atoms with Crippen LogP contribution in [0.25, 0.3) is 0 Å². The van der Waals surface area contributed by atoms with Crippen LogP contribution in [0.4, 0.5) is 0 Å². The Hall–Kier alpha value is -0.0800. The van der Waals surface area contributed by atoms with E-state index < -0.39 is 0 Å². The van der Waals surface area contributed by atoms with Gasteiger partial charge in [0.2, 0.25) is 0 Å². The summed E-state index contributed by atoms with van der Waals surface area (Å²) < 4.78 is 0. The van der Waals surface area contributed by atoms with Gasteiger partial charge in [0.25, 0.3) is 0 Å². The topological polar surface area (TPSA) is 15.3 Å². The molecule has 2 saturated carbocycles. The van der Waals surface area contributed by atoms with Gasteiger partial charge in [-0.3, -0.25) is 0 Å². The predicted molar refractivity (Wildman–Crippen MR) is 60.5 cm³/mol. The van der Waals surface area contributed by atoms with Crippen LogP contribution >= 0.6 is 0 Å². The highest BCUT2D eigenvalue weighted by atomic mass is 15.1. The Kier molecular flexibility index (Phi) is 3.45. The third-order valence-corrected chi connectivity index (χ3v) is 4.05. The zero-order valence-electron chi connectivity index (χ0n) is 9.63. The molecule has 0 radical (unpaired) electrons. The summed E-state index contributed by atoms with van der Waals surface area (Å²) >= 11 is 0. The summed E-state index contributed by atoms with van der Waals surface area (Å²) in [5.74, 6) is 0.946. The molecule has 0 aromatic carbocycles. The van der Waals surface area contributed by atoms with Crippen LogP contribution in [0.15, 0.2) is 0 Å². The molecule has 0 spiro atoms. The van der Waals surface area contributed by atoms with Gasteiger partial charge in [-0.05, 0) is 58.7 Å². The van der Waals surface area contributed by atoms with Crippen LogP contribution in [0.1, 0.15) is 38.5 Å². The van der Waals surface area contributed by atoms with Crippen molar-refractivity contribution >= 4 is 0 Å². The second-order valence-electron chi connectivity index (χ2n) is 5.09. The third-order valence-electron chi connectivity index (χ3n) is 4.05. The first-order chi connectivity index (χ1) is 6.81. The highest BCUT2D eigenvalue weighted by Gasteiger charge is 2.29. The monoisotopic (exact) mass is 196 g/mol. The first kappa shape index (κ1) is 10.4. The van der Waals surface area contributed by atoms with Crippen LogP contribution in [0.3, 0.4) is 0 Å². The van der Waals surface area contributed by atoms with Gasteiger partial charge in [0.15, 0.2) is 0 Å². The molecule has 2 fully saturated rings. The van der Waals surface area contributed by atoms with E-state index in [9.17, 15) is 0 Å². The molecule has 2 heteroatoms. The number of hydrogen-bond acceptors (Lipinski definition) is 2. The Bertz CT molecular complexity index is 177. The fourth-order valence-corrected chi connectivity index (χ4v) is 2.83. The van der Waals surface area contributed by atoms with Crippen molar-refractivity contribution in [3.63, 3.8) is 0 Å². The lowest BCUT2D eigenvalue weighted by Crippen LogP contribution is -2.32. The third kappa shape index (κ3) is 2.48. The molecule has 2 aliphatic rings. The van der Waals surface area contributed by atoms with E-state index in [0.29, 0.717) is 0 Å². The van der Waals surface area contributed by atoms with E-state index in [1.807, 2.05) is 0 Å². The summed E-state index contributed by atoms with van der Waals surface area (Å²) in [7, 11) is 4.41. The summed E-state index contributed by atoms with van der Waals surface area (Å²) in [6.45, 7) is 1.31. The molecule has 0 heterocycles. The van der Waals surface area contributed by atoms with Gasteiger partial charge in [0.1, 0.15) is 0 Å². The van der Waals surface area contributed by atoms with Crippen molar-refractivity contribution in [1.29, 1.82) is 0 Å². The summed E-state index contributed by atoms with van der Waals surface area (Å²) in [6, 6.07) is 1.74. The first-order valence-corrected chi connectivity index (χ1v) is 6.18. The zero-order valence-corrected chi connectivity index (χ0v) is 9.63. The minimum atomic E-state index is 0.808. The van der Waals surface area contributed by atoms with E-state index in [1.165, 1.54) is 45.1 Å². The van der Waals surface area contributed by atoms with E-state index in [1.54, 1.807) is 0 Å². The molecule has 82 valence electrons. The molecular weight excluding hydrogens is 172 g/mol. The molecular formula is C12H24N2. The molecule has 0 aromatic heterocycles. The van der Waals surface area contributed by atoms with Crippen molar-refractivity contribution in [1.82, 2.24) is 10.2 Å². The second kappa shape index (κ2) is 4.63. The maximum absolute atomic E-state index is 3.46. The Labute approximate surface area is 88.1 Å². The van der Waals surface area contributed by atoms with E-state index in [-0.39, 0.29) is 0 Å². The fourth-order valence-electron chi connectivity index (χ4n) is 2.83. The Morgan fingerprint density at radius 1 is 1.21 bits per heavy atom. The Morgan fingerprint density at radius 3 is 2.64 bits per heavy atom. The van der Waals surface area contributed by atoms with Crippen molar-refractivity contribution in [3.05, 3.63) is 0 Å². The van der Waals surface area contributed by atoms with E-state index in [2.05, 4.69) is 24.3 Å². The largest absolute Gasteiger partial charge is 0.317 e. The number of rotatable bonds is 5. The molecule has 2 unspecified atom stereocenters. The number of nitrogens with one attached hydrogen (secondary N) is 1. The Balaban J connectivity index is 1.68. The van der Waals surface area contributed by atoms with Crippen molar-refractivity contribution in [3.8, 4) is 0 Å². The minimum Gasteiger partial charge on any atom is -0.317 e. The van der Waals surface area contributed by atoms with Crippen molar-refractivity contribution in [2.45, 2.75) is 50.6 Å². The highest BCUT2D eigenvalue weighted by molar-refractivity contribution is 4.86. The molecule has 0 amide bonds. The van der Waals surface area contributed by atoms with Gasteiger partial charge in [-0.2, -0.15) is 0 Å². The van der Waals surface area contributed by atoms with Crippen LogP contribution in [0.5, 0.6) is 0 Å². The summed E-state index contributed by atoms with van der Waals surface area (Å²) in [6.07, 6.45) is 8.56. The predicted octanol–water partition coefficient (Wildman–Crippen LogP) is 1.86. The average molecular weight is 196 g/mol. The molecule has 14 heavy (non-hydrogen) atoms. The van der Waals surface area contributed by atoms with Crippen LogP contribution in [0.2, 0.25) is 0 Å². The van der Waals surface area contributed by atoms with Crippen LogP contribution in [-0.2, 0) is 0 Å². The molecule has 2 aliphatic carbocycles. The molecule has 2 nitrogen and oxygen atoms in total.